The van der Waals surface area contributed by atoms with Gasteiger partial charge in [-0.05, 0) is 54.7 Å². The first-order valence-electron chi connectivity index (χ1n) is 12.6. The predicted molar refractivity (Wildman–Crippen MR) is 155 cm³/mol. The van der Waals surface area contributed by atoms with Gasteiger partial charge in [-0.1, -0.05) is 84.1 Å². The molecule has 3 aromatic carbocycles. The van der Waals surface area contributed by atoms with Gasteiger partial charge in [-0.15, -0.1) is 11.3 Å². The van der Waals surface area contributed by atoms with Gasteiger partial charge in [0.15, 0.2) is 5.16 Å². The highest BCUT2D eigenvalue weighted by Crippen LogP contribution is 2.35. The number of aromatic nitrogens is 2. The van der Waals surface area contributed by atoms with Gasteiger partial charge < -0.3 is 0 Å². The van der Waals surface area contributed by atoms with E-state index in [1.165, 1.54) is 32.7 Å². The van der Waals surface area contributed by atoms with Gasteiger partial charge in [0.25, 0.3) is 5.56 Å². The predicted octanol–water partition coefficient (Wildman–Crippen LogP) is 6.91. The van der Waals surface area contributed by atoms with Gasteiger partial charge in [0, 0.05) is 30.3 Å². The molecule has 0 fully saturated rings. The van der Waals surface area contributed by atoms with Crippen molar-refractivity contribution in [1.82, 2.24) is 14.5 Å². The minimum Gasteiger partial charge on any atom is -0.294 e. The Hall–Kier alpha value is -3.19. The zero-order valence-electron chi connectivity index (χ0n) is 21.1. The average Bonchev–Trinajstić information content (AvgIpc) is 3.27. The Kier molecular flexibility index (Phi) is 6.72. The summed E-state index contributed by atoms with van der Waals surface area (Å²) in [4.78, 5) is 23.8. The molecule has 1 aliphatic rings. The van der Waals surface area contributed by atoms with Crippen molar-refractivity contribution >= 4 is 33.3 Å². The van der Waals surface area contributed by atoms with Crippen LogP contribution in [0, 0.1) is 13.8 Å². The van der Waals surface area contributed by atoms with Crippen molar-refractivity contribution in [3.8, 4) is 5.69 Å². The molecular weight excluding hydrogens is 494 g/mol. The Bertz CT molecular complexity index is 1620. The zero-order chi connectivity index (χ0) is 25.4. The second-order valence-corrected chi connectivity index (χ2v) is 11.7. The molecule has 3 heterocycles. The third kappa shape index (κ3) is 4.89. The lowest BCUT2D eigenvalue weighted by Crippen LogP contribution is -2.30. The van der Waals surface area contributed by atoms with E-state index in [1.54, 1.807) is 23.1 Å². The maximum absolute atomic E-state index is 14.1. The molecule has 2 aromatic heterocycles. The van der Waals surface area contributed by atoms with Crippen LogP contribution in [0.5, 0.6) is 0 Å². The average molecular weight is 524 g/mol. The van der Waals surface area contributed by atoms with Crippen LogP contribution in [0.15, 0.2) is 88.8 Å². The zero-order valence-corrected chi connectivity index (χ0v) is 22.7. The summed E-state index contributed by atoms with van der Waals surface area (Å²) in [6.07, 6.45) is 0.878. The van der Waals surface area contributed by atoms with Crippen LogP contribution in [0.25, 0.3) is 15.9 Å². The SMILES string of the molecule is Cc1ccc(CSc2nc3sc4c(c3c(=O)n2-c2ccccc2)CCN(Cc2ccccc2)C4)c(C)c1. The van der Waals surface area contributed by atoms with E-state index in [0.29, 0.717) is 0 Å². The van der Waals surface area contributed by atoms with E-state index in [9.17, 15) is 4.79 Å². The lowest BCUT2D eigenvalue weighted by Gasteiger charge is -2.26. The lowest BCUT2D eigenvalue weighted by atomic mass is 10.0. The Morgan fingerprint density at radius 3 is 2.49 bits per heavy atom. The summed E-state index contributed by atoms with van der Waals surface area (Å²) in [5.41, 5.74) is 7.23. The molecule has 1 aliphatic heterocycles. The first kappa shape index (κ1) is 24.2. The Balaban J connectivity index is 1.39. The molecule has 4 nitrogen and oxygen atoms in total. The number of fused-ring (bicyclic) bond motifs is 3. The van der Waals surface area contributed by atoms with Crippen molar-refractivity contribution in [3.05, 3.63) is 122 Å². The normalized spacial score (nSPS) is 13.7. The summed E-state index contributed by atoms with van der Waals surface area (Å²) in [6, 6.07) is 27.1. The minimum absolute atomic E-state index is 0.0494. The van der Waals surface area contributed by atoms with Gasteiger partial charge in [0.2, 0.25) is 0 Å². The van der Waals surface area contributed by atoms with Crippen molar-refractivity contribution in [2.45, 2.75) is 44.3 Å². The minimum atomic E-state index is 0.0494. The number of para-hydroxylation sites is 1. The largest absolute Gasteiger partial charge is 0.294 e. The van der Waals surface area contributed by atoms with Crippen molar-refractivity contribution < 1.29 is 0 Å². The number of thiophene rings is 1. The molecule has 0 N–H and O–H groups in total. The van der Waals surface area contributed by atoms with Gasteiger partial charge >= 0.3 is 0 Å². The molecule has 6 rings (SSSR count). The first-order valence-corrected chi connectivity index (χ1v) is 14.4. The number of nitrogens with zero attached hydrogens (tertiary/aromatic N) is 3. The summed E-state index contributed by atoms with van der Waals surface area (Å²) in [7, 11) is 0. The Morgan fingerprint density at radius 2 is 1.73 bits per heavy atom. The van der Waals surface area contributed by atoms with Crippen LogP contribution < -0.4 is 5.56 Å². The van der Waals surface area contributed by atoms with Crippen LogP contribution in [-0.4, -0.2) is 21.0 Å². The second kappa shape index (κ2) is 10.3. The van der Waals surface area contributed by atoms with Crippen molar-refractivity contribution in [2.24, 2.45) is 0 Å². The molecule has 0 atom stereocenters. The van der Waals surface area contributed by atoms with Crippen LogP contribution in [-0.2, 0) is 25.3 Å². The van der Waals surface area contributed by atoms with Gasteiger partial charge in [0.05, 0.1) is 11.1 Å². The number of aryl methyl sites for hydroxylation is 2. The fraction of sp³-hybridized carbons (Fsp3) is 0.226. The fourth-order valence-electron chi connectivity index (χ4n) is 5.11. The van der Waals surface area contributed by atoms with E-state index in [2.05, 4.69) is 67.3 Å². The Morgan fingerprint density at radius 1 is 0.973 bits per heavy atom. The van der Waals surface area contributed by atoms with Crippen LogP contribution in [0.3, 0.4) is 0 Å². The molecule has 37 heavy (non-hydrogen) atoms. The third-order valence-corrected chi connectivity index (χ3v) is 9.14. The molecule has 186 valence electrons. The monoisotopic (exact) mass is 523 g/mol. The van der Waals surface area contributed by atoms with Crippen molar-refractivity contribution in [3.63, 3.8) is 0 Å². The molecule has 0 radical (unpaired) electrons. The Labute approximate surface area is 225 Å². The van der Waals surface area contributed by atoms with E-state index in [4.69, 9.17) is 4.98 Å². The number of thioether (sulfide) groups is 1. The highest BCUT2D eigenvalue weighted by atomic mass is 32.2. The van der Waals surface area contributed by atoms with E-state index < -0.39 is 0 Å². The maximum Gasteiger partial charge on any atom is 0.267 e. The van der Waals surface area contributed by atoms with Crippen molar-refractivity contribution in [2.75, 3.05) is 6.54 Å². The summed E-state index contributed by atoms with van der Waals surface area (Å²) < 4.78 is 1.82. The summed E-state index contributed by atoms with van der Waals surface area (Å²) >= 11 is 3.33. The highest BCUT2D eigenvalue weighted by molar-refractivity contribution is 7.98. The van der Waals surface area contributed by atoms with E-state index >= 15 is 0 Å². The topological polar surface area (TPSA) is 38.1 Å². The first-order chi connectivity index (χ1) is 18.1. The van der Waals surface area contributed by atoms with E-state index in [0.717, 1.165) is 52.9 Å². The van der Waals surface area contributed by atoms with Gasteiger partial charge in [-0.2, -0.15) is 0 Å². The van der Waals surface area contributed by atoms with Gasteiger partial charge in [-0.25, -0.2) is 4.98 Å². The second-order valence-electron chi connectivity index (χ2n) is 9.72. The standard InChI is InChI=1S/C31H29N3OS2/c1-21-13-14-24(22(2)17-21)20-36-31-32-29-28(30(35)34(31)25-11-7-4-8-12-25)26-15-16-33(19-27(26)37-29)18-23-9-5-3-6-10-23/h3-14,17H,15-16,18-20H2,1-2H3. The molecule has 0 spiro atoms. The van der Waals surface area contributed by atoms with E-state index in [1.807, 2.05) is 34.9 Å². The molecule has 0 aliphatic carbocycles. The van der Waals surface area contributed by atoms with E-state index in [-0.39, 0.29) is 5.56 Å². The highest BCUT2D eigenvalue weighted by Gasteiger charge is 2.26. The number of hydrogen-bond donors (Lipinski definition) is 0. The van der Waals surface area contributed by atoms with Crippen LogP contribution in [0.2, 0.25) is 0 Å². The smallest absolute Gasteiger partial charge is 0.267 e. The van der Waals surface area contributed by atoms with Crippen LogP contribution in [0.4, 0.5) is 0 Å². The number of rotatable bonds is 6. The number of hydrogen-bond acceptors (Lipinski definition) is 5. The summed E-state index contributed by atoms with van der Waals surface area (Å²) in [6.45, 7) is 7.00. The molecular formula is C31H29N3OS2. The third-order valence-electron chi connectivity index (χ3n) is 7.04. The molecule has 0 unspecified atom stereocenters. The maximum atomic E-state index is 14.1. The van der Waals surface area contributed by atoms with Gasteiger partial charge in [-0.3, -0.25) is 14.3 Å². The quantitative estimate of drug-likeness (QED) is 0.179. The van der Waals surface area contributed by atoms with Crippen molar-refractivity contribution in [1.29, 1.82) is 0 Å². The van der Waals surface area contributed by atoms with Crippen LogP contribution >= 0.6 is 23.1 Å². The molecule has 0 amide bonds. The molecule has 0 saturated heterocycles. The number of benzene rings is 3. The summed E-state index contributed by atoms with van der Waals surface area (Å²) in [5.74, 6) is 0.771. The van der Waals surface area contributed by atoms with Gasteiger partial charge in [0.1, 0.15) is 4.83 Å². The lowest BCUT2D eigenvalue weighted by molar-refractivity contribution is 0.249. The molecule has 5 aromatic rings. The molecule has 6 heteroatoms. The molecule has 0 bridgehead atoms. The summed E-state index contributed by atoms with van der Waals surface area (Å²) in [5, 5.41) is 1.56. The van der Waals surface area contributed by atoms with Crippen LogP contribution in [0.1, 0.15) is 32.7 Å². The fourth-order valence-corrected chi connectivity index (χ4v) is 7.50. The molecule has 0 saturated carbocycles.